The molecular weight excluding hydrogens is 274 g/mol. The maximum Gasteiger partial charge on any atom is 0.329 e. The predicted molar refractivity (Wildman–Crippen MR) is 67.7 cm³/mol. The lowest BCUT2D eigenvalue weighted by Crippen LogP contribution is -2.32. The molecule has 0 fully saturated rings. The lowest BCUT2D eigenvalue weighted by Gasteiger charge is -2.15. The summed E-state index contributed by atoms with van der Waals surface area (Å²) in [6.45, 7) is 0.245. The van der Waals surface area contributed by atoms with Crippen molar-refractivity contribution >= 4 is 23.8 Å². The second-order valence-electron chi connectivity index (χ2n) is 3.52. The van der Waals surface area contributed by atoms with Crippen molar-refractivity contribution in [2.75, 3.05) is 26.2 Å². The Morgan fingerprint density at radius 2 is 1.95 bits per heavy atom. The van der Waals surface area contributed by atoms with Crippen molar-refractivity contribution in [1.29, 1.82) is 0 Å². The number of methoxy groups -OCH3 is 2. The van der Waals surface area contributed by atoms with Crippen LogP contribution in [0.5, 0.6) is 11.8 Å². The molecule has 0 atom stereocenters. The Hall–Kier alpha value is -2.22. The number of nitrogens with zero attached hydrogens (tertiary/aromatic N) is 4. The average Bonchev–Trinajstić information content (AvgIpc) is 2.85. The van der Waals surface area contributed by atoms with Crippen LogP contribution in [-0.4, -0.2) is 46.2 Å². The third kappa shape index (κ3) is 3.16. The molecular formula is C10H12ClN5O3. The standard InChI is InChI=1S/C10H12ClN5O3/c1-18-7-5-8(19-2)13-9(12-7)14-10(17)15-3-4-16(11)6-15/h3-5H,6H2,1-2H3,(H,12,13,14,17). The summed E-state index contributed by atoms with van der Waals surface area (Å²) in [7, 11) is 2.92. The lowest BCUT2D eigenvalue weighted by molar-refractivity contribution is 0.225. The Labute approximate surface area is 114 Å². The van der Waals surface area contributed by atoms with E-state index >= 15 is 0 Å². The predicted octanol–water partition coefficient (Wildman–Crippen LogP) is 1.23. The highest BCUT2D eigenvalue weighted by molar-refractivity contribution is 6.14. The second kappa shape index (κ2) is 5.61. The zero-order valence-corrected chi connectivity index (χ0v) is 11.1. The normalized spacial score (nSPS) is 13.6. The van der Waals surface area contributed by atoms with Gasteiger partial charge in [-0.1, -0.05) is 0 Å². The molecule has 0 aliphatic carbocycles. The van der Waals surface area contributed by atoms with E-state index in [2.05, 4.69) is 15.3 Å². The number of ether oxygens (including phenoxy) is 2. The minimum atomic E-state index is -0.408. The first-order valence-electron chi connectivity index (χ1n) is 5.28. The number of hydrogen-bond donors (Lipinski definition) is 1. The van der Waals surface area contributed by atoms with Gasteiger partial charge in [-0.2, -0.15) is 9.97 Å². The Morgan fingerprint density at radius 3 is 2.42 bits per heavy atom. The molecule has 2 amide bonds. The van der Waals surface area contributed by atoms with Crippen LogP contribution in [0.15, 0.2) is 18.5 Å². The summed E-state index contributed by atoms with van der Waals surface area (Å²) in [5.74, 6) is 0.666. The van der Waals surface area contributed by atoms with Crippen LogP contribution in [0.4, 0.5) is 10.7 Å². The van der Waals surface area contributed by atoms with E-state index in [0.29, 0.717) is 0 Å². The maximum atomic E-state index is 11.9. The zero-order valence-electron chi connectivity index (χ0n) is 10.3. The molecule has 0 saturated heterocycles. The fourth-order valence-corrected chi connectivity index (χ4v) is 1.53. The number of amides is 2. The van der Waals surface area contributed by atoms with E-state index in [0.717, 1.165) is 0 Å². The Bertz CT molecular complexity index is 488. The van der Waals surface area contributed by atoms with E-state index in [1.54, 1.807) is 12.4 Å². The summed E-state index contributed by atoms with van der Waals surface area (Å²) in [5, 5.41) is 2.52. The van der Waals surface area contributed by atoms with Crippen LogP contribution in [0.3, 0.4) is 0 Å². The topological polar surface area (TPSA) is 79.8 Å². The van der Waals surface area contributed by atoms with E-state index in [9.17, 15) is 4.79 Å². The number of carbonyl (C=O) groups is 1. The highest BCUT2D eigenvalue weighted by atomic mass is 35.5. The number of nitrogens with one attached hydrogen (secondary N) is 1. The molecule has 19 heavy (non-hydrogen) atoms. The van der Waals surface area contributed by atoms with Gasteiger partial charge >= 0.3 is 6.03 Å². The van der Waals surface area contributed by atoms with Crippen molar-refractivity contribution in [1.82, 2.24) is 19.3 Å². The van der Waals surface area contributed by atoms with Gasteiger partial charge in [0.25, 0.3) is 0 Å². The van der Waals surface area contributed by atoms with Crippen LogP contribution in [0.2, 0.25) is 0 Å². The number of anilines is 1. The number of urea groups is 1. The van der Waals surface area contributed by atoms with E-state index in [1.165, 1.54) is 29.6 Å². The third-order valence-electron chi connectivity index (χ3n) is 2.27. The van der Waals surface area contributed by atoms with E-state index < -0.39 is 6.03 Å². The van der Waals surface area contributed by atoms with Crippen molar-refractivity contribution < 1.29 is 14.3 Å². The van der Waals surface area contributed by atoms with Gasteiger partial charge in [0.1, 0.15) is 6.67 Å². The Morgan fingerprint density at radius 1 is 1.32 bits per heavy atom. The molecule has 0 unspecified atom stereocenters. The molecule has 0 radical (unpaired) electrons. The molecule has 9 heteroatoms. The van der Waals surface area contributed by atoms with Crippen molar-refractivity contribution in [2.45, 2.75) is 0 Å². The zero-order chi connectivity index (χ0) is 13.8. The first-order valence-corrected chi connectivity index (χ1v) is 5.61. The van der Waals surface area contributed by atoms with Crippen molar-refractivity contribution in [3.05, 3.63) is 18.5 Å². The molecule has 0 aromatic carbocycles. The smallest absolute Gasteiger partial charge is 0.329 e. The van der Waals surface area contributed by atoms with Crippen molar-refractivity contribution in [2.24, 2.45) is 0 Å². The van der Waals surface area contributed by atoms with Gasteiger partial charge < -0.3 is 9.47 Å². The van der Waals surface area contributed by atoms with Gasteiger partial charge in [0.15, 0.2) is 0 Å². The summed E-state index contributed by atoms with van der Waals surface area (Å²) < 4.78 is 11.3. The fourth-order valence-electron chi connectivity index (χ4n) is 1.36. The molecule has 1 N–H and O–H groups in total. The lowest BCUT2D eigenvalue weighted by atomic mass is 10.6. The molecule has 8 nitrogen and oxygen atoms in total. The largest absolute Gasteiger partial charge is 0.481 e. The van der Waals surface area contributed by atoms with Crippen LogP contribution < -0.4 is 14.8 Å². The summed E-state index contributed by atoms with van der Waals surface area (Å²) in [6.07, 6.45) is 3.11. The van der Waals surface area contributed by atoms with Gasteiger partial charge in [0, 0.05) is 24.2 Å². The van der Waals surface area contributed by atoms with Crippen molar-refractivity contribution in [3.63, 3.8) is 0 Å². The third-order valence-corrected chi connectivity index (χ3v) is 2.49. The molecule has 0 spiro atoms. The van der Waals surface area contributed by atoms with E-state index in [-0.39, 0.29) is 24.4 Å². The molecule has 0 bridgehead atoms. The van der Waals surface area contributed by atoms with Gasteiger partial charge in [-0.25, -0.2) is 4.79 Å². The maximum absolute atomic E-state index is 11.9. The first kappa shape index (κ1) is 13.2. The van der Waals surface area contributed by atoms with Gasteiger partial charge in [0.2, 0.25) is 17.7 Å². The summed E-state index contributed by atoms with van der Waals surface area (Å²) >= 11 is 5.70. The van der Waals surface area contributed by atoms with Gasteiger partial charge in [-0.3, -0.25) is 14.6 Å². The Kier molecular flexibility index (Phi) is 3.91. The highest BCUT2D eigenvalue weighted by Gasteiger charge is 2.19. The van der Waals surface area contributed by atoms with Gasteiger partial charge in [-0.05, 0) is 0 Å². The van der Waals surface area contributed by atoms with Gasteiger partial charge in [-0.15, -0.1) is 0 Å². The van der Waals surface area contributed by atoms with Crippen LogP contribution >= 0.6 is 11.8 Å². The minimum Gasteiger partial charge on any atom is -0.481 e. The first-order chi connectivity index (χ1) is 9.12. The van der Waals surface area contributed by atoms with E-state index in [1.807, 2.05) is 0 Å². The number of hydrogen-bond acceptors (Lipinski definition) is 6. The van der Waals surface area contributed by atoms with Crippen LogP contribution in [0.25, 0.3) is 0 Å². The monoisotopic (exact) mass is 285 g/mol. The molecule has 1 aromatic heterocycles. The number of halogens is 1. The number of carbonyl (C=O) groups excluding carboxylic acids is 1. The number of rotatable bonds is 3. The van der Waals surface area contributed by atoms with Gasteiger partial charge in [0.05, 0.1) is 20.3 Å². The average molecular weight is 286 g/mol. The molecule has 2 heterocycles. The Balaban J connectivity index is 2.10. The fraction of sp³-hybridized carbons (Fsp3) is 0.300. The molecule has 1 aliphatic rings. The van der Waals surface area contributed by atoms with Crippen LogP contribution in [0, 0.1) is 0 Å². The molecule has 1 aromatic rings. The molecule has 1 aliphatic heterocycles. The van der Waals surface area contributed by atoms with E-state index in [4.69, 9.17) is 21.3 Å². The summed E-state index contributed by atoms with van der Waals surface area (Å²) in [4.78, 5) is 21.2. The van der Waals surface area contributed by atoms with Crippen LogP contribution in [0.1, 0.15) is 0 Å². The number of aromatic nitrogens is 2. The van der Waals surface area contributed by atoms with Crippen LogP contribution in [-0.2, 0) is 0 Å². The molecule has 2 rings (SSSR count). The minimum absolute atomic E-state index is 0.0858. The molecule has 102 valence electrons. The quantitative estimate of drug-likeness (QED) is 0.841. The highest BCUT2D eigenvalue weighted by Crippen LogP contribution is 2.18. The summed E-state index contributed by atoms with van der Waals surface area (Å²) in [6, 6.07) is 1.10. The molecule has 0 saturated carbocycles. The second-order valence-corrected chi connectivity index (χ2v) is 3.95. The summed E-state index contributed by atoms with van der Waals surface area (Å²) in [5.41, 5.74) is 0. The van der Waals surface area contributed by atoms with Crippen molar-refractivity contribution in [3.8, 4) is 11.8 Å². The SMILES string of the molecule is COc1cc(OC)nc(NC(=O)N2C=CN(Cl)C2)n1.